The molecular weight excluding hydrogens is 262 g/mol. The summed E-state index contributed by atoms with van der Waals surface area (Å²) in [5.41, 5.74) is 2.14. The van der Waals surface area contributed by atoms with Crippen LogP contribution in [0.5, 0.6) is 0 Å². The van der Waals surface area contributed by atoms with Crippen molar-refractivity contribution >= 4 is 17.5 Å². The number of aromatic nitrogens is 2. The lowest BCUT2D eigenvalue weighted by Gasteiger charge is -2.36. The Morgan fingerprint density at radius 1 is 1.37 bits per heavy atom. The van der Waals surface area contributed by atoms with E-state index in [-0.39, 0.29) is 11.4 Å². The normalized spacial score (nSPS) is 18.3. The van der Waals surface area contributed by atoms with Gasteiger partial charge >= 0.3 is 0 Å². The van der Waals surface area contributed by atoms with Gasteiger partial charge in [-0.25, -0.2) is 0 Å². The molecule has 4 nitrogen and oxygen atoms in total. The Morgan fingerprint density at radius 2 is 2.00 bits per heavy atom. The molecule has 5 heteroatoms. The van der Waals surface area contributed by atoms with Gasteiger partial charge in [0.1, 0.15) is 0 Å². The van der Waals surface area contributed by atoms with E-state index < -0.39 is 0 Å². The van der Waals surface area contributed by atoms with Gasteiger partial charge in [-0.2, -0.15) is 5.10 Å². The molecule has 0 saturated heterocycles. The smallest absolute Gasteiger partial charge is 0.255 e. The highest BCUT2D eigenvalue weighted by Gasteiger charge is 2.34. The quantitative estimate of drug-likeness (QED) is 0.867. The van der Waals surface area contributed by atoms with Crippen LogP contribution in [0.3, 0.4) is 0 Å². The first-order valence-electron chi connectivity index (χ1n) is 6.88. The molecule has 1 N–H and O–H groups in total. The van der Waals surface area contributed by atoms with Crippen molar-refractivity contribution in [1.29, 1.82) is 0 Å². The molecule has 1 aliphatic rings. The topological polar surface area (TPSA) is 46.9 Å². The molecule has 1 aliphatic carbocycles. The number of carbonyl (C=O) groups excluding carboxylic acids is 1. The molecule has 2 rings (SSSR count). The highest BCUT2D eigenvalue weighted by Crippen LogP contribution is 2.30. The molecule has 1 fully saturated rings. The van der Waals surface area contributed by atoms with Gasteiger partial charge in [0.05, 0.1) is 16.8 Å². The van der Waals surface area contributed by atoms with E-state index in [1.54, 1.807) is 4.68 Å². The number of aryl methyl sites for hydroxylation is 2. The van der Waals surface area contributed by atoms with Crippen LogP contribution in [-0.4, -0.2) is 27.1 Å². The number of amides is 1. The van der Waals surface area contributed by atoms with Crippen LogP contribution in [0.1, 0.15) is 53.8 Å². The summed E-state index contributed by atoms with van der Waals surface area (Å²) in [6.07, 6.45) is 5.46. The third-order valence-electron chi connectivity index (χ3n) is 4.18. The monoisotopic (exact) mass is 283 g/mol. The van der Waals surface area contributed by atoms with Crippen molar-refractivity contribution in [2.45, 2.75) is 51.5 Å². The number of halogens is 1. The van der Waals surface area contributed by atoms with Crippen molar-refractivity contribution in [3.05, 3.63) is 17.0 Å². The largest absolute Gasteiger partial charge is 0.345 e. The number of hydrogen-bond acceptors (Lipinski definition) is 2. The van der Waals surface area contributed by atoms with E-state index in [4.69, 9.17) is 11.6 Å². The number of nitrogens with one attached hydrogen (secondary N) is 1. The predicted molar refractivity (Wildman–Crippen MR) is 76.7 cm³/mol. The predicted octanol–water partition coefficient (Wildman–Crippen LogP) is 2.71. The van der Waals surface area contributed by atoms with Gasteiger partial charge in [0.2, 0.25) is 0 Å². The van der Waals surface area contributed by atoms with Gasteiger partial charge < -0.3 is 5.32 Å². The fourth-order valence-corrected chi connectivity index (χ4v) is 3.26. The fourth-order valence-electron chi connectivity index (χ4n) is 2.93. The highest BCUT2D eigenvalue weighted by molar-refractivity contribution is 6.19. The maximum Gasteiger partial charge on any atom is 0.255 e. The summed E-state index contributed by atoms with van der Waals surface area (Å²) in [7, 11) is 1.86. The summed E-state index contributed by atoms with van der Waals surface area (Å²) in [4.78, 5) is 12.5. The van der Waals surface area contributed by atoms with Crippen molar-refractivity contribution in [2.24, 2.45) is 7.05 Å². The Labute approximate surface area is 119 Å². The maximum atomic E-state index is 12.5. The Kier molecular flexibility index (Phi) is 4.19. The number of carbonyl (C=O) groups is 1. The van der Waals surface area contributed by atoms with E-state index in [1.807, 2.05) is 20.9 Å². The van der Waals surface area contributed by atoms with Crippen molar-refractivity contribution in [3.63, 3.8) is 0 Å². The summed E-state index contributed by atoms with van der Waals surface area (Å²) in [6, 6.07) is 0. The molecule has 1 aromatic heterocycles. The minimum atomic E-state index is -0.231. The molecule has 1 amide bonds. The maximum absolute atomic E-state index is 12.5. The first-order chi connectivity index (χ1) is 8.99. The summed E-state index contributed by atoms with van der Waals surface area (Å²) in [5, 5.41) is 7.47. The van der Waals surface area contributed by atoms with Gasteiger partial charge in [-0.15, -0.1) is 11.6 Å². The van der Waals surface area contributed by atoms with Crippen LogP contribution in [0, 0.1) is 13.8 Å². The second kappa shape index (κ2) is 5.53. The Bertz CT molecular complexity index is 475. The molecule has 0 aliphatic heterocycles. The summed E-state index contributed by atoms with van der Waals surface area (Å²) < 4.78 is 1.75. The molecule has 0 bridgehead atoms. The van der Waals surface area contributed by atoms with E-state index in [9.17, 15) is 4.79 Å². The van der Waals surface area contributed by atoms with Crippen LogP contribution in [0.15, 0.2) is 0 Å². The van der Waals surface area contributed by atoms with Crippen LogP contribution in [-0.2, 0) is 7.05 Å². The average molecular weight is 284 g/mol. The van der Waals surface area contributed by atoms with Gasteiger partial charge in [-0.1, -0.05) is 19.3 Å². The zero-order valence-corrected chi connectivity index (χ0v) is 12.7. The molecule has 1 heterocycles. The highest BCUT2D eigenvalue weighted by atomic mass is 35.5. The van der Waals surface area contributed by atoms with E-state index in [1.165, 1.54) is 6.42 Å². The minimum absolute atomic E-state index is 0.0364. The minimum Gasteiger partial charge on any atom is -0.345 e. The van der Waals surface area contributed by atoms with Crippen molar-refractivity contribution in [2.75, 3.05) is 5.88 Å². The number of alkyl halides is 1. The summed E-state index contributed by atoms with van der Waals surface area (Å²) in [5.74, 6) is 0.447. The van der Waals surface area contributed by atoms with Gasteiger partial charge in [0, 0.05) is 18.6 Å². The summed E-state index contributed by atoms with van der Waals surface area (Å²) in [6.45, 7) is 3.79. The summed E-state index contributed by atoms with van der Waals surface area (Å²) >= 11 is 6.12. The van der Waals surface area contributed by atoms with E-state index in [2.05, 4.69) is 10.4 Å². The second-order valence-electron chi connectivity index (χ2n) is 5.60. The van der Waals surface area contributed by atoms with Gasteiger partial charge in [-0.05, 0) is 26.7 Å². The molecule has 1 saturated carbocycles. The third kappa shape index (κ3) is 2.78. The standard InChI is InChI=1S/C14H22ClN3O/c1-10-12(11(2)18(3)17-10)13(19)16-14(9-15)7-5-4-6-8-14/h4-9H2,1-3H3,(H,16,19). The molecule has 0 atom stereocenters. The zero-order valence-electron chi connectivity index (χ0n) is 11.9. The number of nitrogens with zero attached hydrogens (tertiary/aromatic N) is 2. The van der Waals surface area contributed by atoms with Crippen LogP contribution in [0.2, 0.25) is 0 Å². The van der Waals surface area contributed by atoms with Crippen LogP contribution in [0.25, 0.3) is 0 Å². The molecule has 0 spiro atoms. The van der Waals surface area contributed by atoms with E-state index in [0.29, 0.717) is 11.4 Å². The lowest BCUT2D eigenvalue weighted by atomic mass is 9.83. The molecular formula is C14H22ClN3O. The Morgan fingerprint density at radius 3 is 2.47 bits per heavy atom. The van der Waals surface area contributed by atoms with E-state index >= 15 is 0 Å². The second-order valence-corrected chi connectivity index (χ2v) is 5.87. The Balaban J connectivity index is 2.20. The molecule has 0 aromatic carbocycles. The molecule has 0 unspecified atom stereocenters. The van der Waals surface area contributed by atoms with Crippen LogP contribution < -0.4 is 5.32 Å². The lowest BCUT2D eigenvalue weighted by molar-refractivity contribution is 0.0883. The first-order valence-corrected chi connectivity index (χ1v) is 7.41. The Hall–Kier alpha value is -1.03. The SMILES string of the molecule is Cc1nn(C)c(C)c1C(=O)NC1(CCl)CCCCC1. The van der Waals surface area contributed by atoms with Crippen LogP contribution >= 0.6 is 11.6 Å². The molecule has 0 radical (unpaired) electrons. The zero-order chi connectivity index (χ0) is 14.0. The lowest BCUT2D eigenvalue weighted by Crippen LogP contribution is -2.51. The molecule has 106 valence electrons. The number of rotatable bonds is 3. The van der Waals surface area contributed by atoms with Crippen LogP contribution in [0.4, 0.5) is 0 Å². The van der Waals surface area contributed by atoms with Crippen molar-refractivity contribution < 1.29 is 4.79 Å². The van der Waals surface area contributed by atoms with E-state index in [0.717, 1.165) is 37.1 Å². The molecule has 1 aromatic rings. The van der Waals surface area contributed by atoms with Gasteiger partial charge in [0.25, 0.3) is 5.91 Å². The molecule has 19 heavy (non-hydrogen) atoms. The van der Waals surface area contributed by atoms with Crippen molar-refractivity contribution in [1.82, 2.24) is 15.1 Å². The number of hydrogen-bond donors (Lipinski definition) is 1. The van der Waals surface area contributed by atoms with Crippen molar-refractivity contribution in [3.8, 4) is 0 Å². The fraction of sp³-hybridized carbons (Fsp3) is 0.714. The van der Waals surface area contributed by atoms with Gasteiger partial charge in [0.15, 0.2) is 0 Å². The third-order valence-corrected chi connectivity index (χ3v) is 4.69. The average Bonchev–Trinajstić information content (AvgIpc) is 2.64. The first kappa shape index (κ1) is 14.4. The van der Waals surface area contributed by atoms with Gasteiger partial charge in [-0.3, -0.25) is 9.48 Å².